The number of ether oxygens (including phenoxy) is 2. The van der Waals surface area contributed by atoms with E-state index in [4.69, 9.17) is 9.47 Å². The van der Waals surface area contributed by atoms with Crippen molar-refractivity contribution in [1.29, 1.82) is 0 Å². The zero-order chi connectivity index (χ0) is 28.2. The molecule has 0 spiro atoms. The van der Waals surface area contributed by atoms with Gasteiger partial charge in [-0.3, -0.25) is 9.59 Å². The second kappa shape index (κ2) is 21.3. The summed E-state index contributed by atoms with van der Waals surface area (Å²) in [6.45, 7) is 2.89. The third-order valence-electron chi connectivity index (χ3n) is 6.71. The van der Waals surface area contributed by atoms with Crippen LogP contribution in [0.15, 0.2) is 12.2 Å². The maximum absolute atomic E-state index is 12.2. The van der Waals surface area contributed by atoms with Crippen LogP contribution in [-0.4, -0.2) is 88.7 Å². The Morgan fingerprint density at radius 1 is 0.921 bits per heavy atom. The standard InChI is InChI=1S/C28H52N2O8/c1-3-4-5-6-7-8-9-10-11-12-13-14-15-16-17-18-29-27(36)22(33)20-37-28-24(30-21(2)32)26(35)25(34)23(19-31)38-28/h9-10,22-26,28,31,33-35H,3-8,11-20H2,1-2H3,(H,29,36)(H,30,32)/b10-9-/t22-,23-,24-,25-,26-,28+/m1/s1. The van der Waals surface area contributed by atoms with E-state index >= 15 is 0 Å². The Balaban J connectivity index is 2.13. The zero-order valence-corrected chi connectivity index (χ0v) is 23.4. The van der Waals surface area contributed by atoms with Crippen molar-refractivity contribution in [2.75, 3.05) is 19.8 Å². The van der Waals surface area contributed by atoms with E-state index in [0.717, 1.165) is 25.7 Å². The van der Waals surface area contributed by atoms with Crippen LogP contribution >= 0.6 is 0 Å². The minimum Gasteiger partial charge on any atom is -0.394 e. The smallest absolute Gasteiger partial charge is 0.251 e. The Bertz CT molecular complexity index is 663. The normalized spacial score (nSPS) is 24.4. The van der Waals surface area contributed by atoms with Gasteiger partial charge in [-0.1, -0.05) is 70.4 Å². The molecule has 0 aliphatic carbocycles. The minimum absolute atomic E-state index is 0.444. The lowest BCUT2D eigenvalue weighted by atomic mass is 9.97. The number of hydrogen-bond donors (Lipinski definition) is 6. The Labute approximate surface area is 228 Å². The number of nitrogens with one attached hydrogen (secondary N) is 2. The molecular formula is C28H52N2O8. The monoisotopic (exact) mass is 544 g/mol. The molecule has 2 amide bonds. The number of amides is 2. The number of carbonyl (C=O) groups excluding carboxylic acids is 2. The fraction of sp³-hybridized carbons (Fsp3) is 0.857. The van der Waals surface area contributed by atoms with E-state index in [1.165, 1.54) is 64.7 Å². The van der Waals surface area contributed by atoms with E-state index in [1.54, 1.807) is 0 Å². The molecule has 0 bridgehead atoms. The topological polar surface area (TPSA) is 158 Å². The molecule has 38 heavy (non-hydrogen) atoms. The van der Waals surface area contributed by atoms with Crippen LogP contribution in [-0.2, 0) is 19.1 Å². The van der Waals surface area contributed by atoms with Crippen LogP contribution in [0.25, 0.3) is 0 Å². The molecule has 1 heterocycles. The van der Waals surface area contributed by atoms with Gasteiger partial charge in [-0.2, -0.15) is 0 Å². The van der Waals surface area contributed by atoms with Crippen LogP contribution in [0.5, 0.6) is 0 Å². The van der Waals surface area contributed by atoms with Crippen LogP contribution in [0.2, 0.25) is 0 Å². The lowest BCUT2D eigenvalue weighted by Gasteiger charge is -2.42. The number of hydrogen-bond acceptors (Lipinski definition) is 8. The van der Waals surface area contributed by atoms with Gasteiger partial charge in [0.25, 0.3) is 5.91 Å². The first-order valence-electron chi connectivity index (χ1n) is 14.4. The van der Waals surface area contributed by atoms with E-state index in [1.807, 2.05) is 0 Å². The molecule has 0 aromatic heterocycles. The Morgan fingerprint density at radius 3 is 2.08 bits per heavy atom. The highest BCUT2D eigenvalue weighted by Crippen LogP contribution is 2.22. The minimum atomic E-state index is -1.47. The van der Waals surface area contributed by atoms with Crippen molar-refractivity contribution < 1.29 is 39.5 Å². The summed E-state index contributed by atoms with van der Waals surface area (Å²) in [4.78, 5) is 23.6. The molecule has 0 aromatic carbocycles. The van der Waals surface area contributed by atoms with Crippen molar-refractivity contribution in [1.82, 2.24) is 10.6 Å². The second-order valence-corrected chi connectivity index (χ2v) is 10.2. The SMILES string of the molecule is CCCCCCC/C=C\CCCCCCCCNC(=O)[C@H](O)CO[C@H]1O[C@H](CO)[C@@H](O)[C@H](O)[C@H]1NC(C)=O. The van der Waals surface area contributed by atoms with Gasteiger partial charge in [-0.15, -0.1) is 0 Å². The second-order valence-electron chi connectivity index (χ2n) is 10.2. The molecule has 0 aromatic rings. The molecule has 1 fully saturated rings. The summed E-state index contributed by atoms with van der Waals surface area (Å²) in [7, 11) is 0. The van der Waals surface area contributed by atoms with Crippen molar-refractivity contribution in [3.8, 4) is 0 Å². The number of rotatable bonds is 21. The highest BCUT2D eigenvalue weighted by molar-refractivity contribution is 5.80. The first-order chi connectivity index (χ1) is 18.3. The third-order valence-corrected chi connectivity index (χ3v) is 6.71. The van der Waals surface area contributed by atoms with Crippen molar-refractivity contribution in [3.63, 3.8) is 0 Å². The molecule has 0 radical (unpaired) electrons. The van der Waals surface area contributed by atoms with Gasteiger partial charge in [0.05, 0.1) is 13.2 Å². The molecule has 6 N–H and O–H groups in total. The van der Waals surface area contributed by atoms with E-state index in [-0.39, 0.29) is 0 Å². The first-order valence-corrected chi connectivity index (χ1v) is 14.4. The lowest BCUT2D eigenvalue weighted by molar-refractivity contribution is -0.273. The molecular weight excluding hydrogens is 492 g/mol. The zero-order valence-electron chi connectivity index (χ0n) is 23.4. The summed E-state index contributed by atoms with van der Waals surface area (Å²) >= 11 is 0. The molecule has 222 valence electrons. The summed E-state index contributed by atoms with van der Waals surface area (Å²) in [5, 5.41) is 44.9. The average molecular weight is 545 g/mol. The average Bonchev–Trinajstić information content (AvgIpc) is 2.90. The predicted octanol–water partition coefficient (Wildman–Crippen LogP) is 2.07. The van der Waals surface area contributed by atoms with Gasteiger partial charge in [0.1, 0.15) is 24.4 Å². The van der Waals surface area contributed by atoms with Crippen molar-refractivity contribution in [2.45, 2.75) is 134 Å². The summed E-state index contributed by atoms with van der Waals surface area (Å²) in [6, 6.07) is -1.13. The summed E-state index contributed by atoms with van der Waals surface area (Å²) in [5.74, 6) is -1.08. The third kappa shape index (κ3) is 14.6. The summed E-state index contributed by atoms with van der Waals surface area (Å²) in [5.41, 5.74) is 0. The molecule has 10 nitrogen and oxygen atoms in total. The van der Waals surface area contributed by atoms with Gasteiger partial charge < -0.3 is 40.5 Å². The van der Waals surface area contributed by atoms with Gasteiger partial charge in [0, 0.05) is 13.5 Å². The quantitative estimate of drug-likeness (QED) is 0.0947. The fourth-order valence-corrected chi connectivity index (χ4v) is 4.40. The van der Waals surface area contributed by atoms with Gasteiger partial charge in [0.15, 0.2) is 12.4 Å². The highest BCUT2D eigenvalue weighted by Gasteiger charge is 2.45. The van der Waals surface area contributed by atoms with Gasteiger partial charge >= 0.3 is 0 Å². The number of allylic oxidation sites excluding steroid dienone is 2. The molecule has 1 aliphatic rings. The van der Waals surface area contributed by atoms with Crippen molar-refractivity contribution in [2.24, 2.45) is 0 Å². The van der Waals surface area contributed by atoms with Gasteiger partial charge in [0.2, 0.25) is 5.91 Å². The number of unbranched alkanes of at least 4 members (excludes halogenated alkanes) is 11. The van der Waals surface area contributed by atoms with Crippen molar-refractivity contribution in [3.05, 3.63) is 12.2 Å². The van der Waals surface area contributed by atoms with Crippen molar-refractivity contribution >= 4 is 11.8 Å². The predicted molar refractivity (Wildman–Crippen MR) is 145 cm³/mol. The molecule has 10 heteroatoms. The highest BCUT2D eigenvalue weighted by atomic mass is 16.7. The molecule has 6 atom stereocenters. The first kappa shape index (κ1) is 34.5. The van der Waals surface area contributed by atoms with Crippen LogP contribution < -0.4 is 10.6 Å². The molecule has 0 saturated carbocycles. The van der Waals surface area contributed by atoms with E-state index in [9.17, 15) is 30.0 Å². The lowest BCUT2D eigenvalue weighted by Crippen LogP contribution is -2.64. The molecule has 0 unspecified atom stereocenters. The molecule has 1 rings (SSSR count). The number of aliphatic hydroxyl groups excluding tert-OH is 4. The summed E-state index contributed by atoms with van der Waals surface area (Å²) < 4.78 is 10.8. The maximum atomic E-state index is 12.2. The van der Waals surface area contributed by atoms with Crippen LogP contribution in [0.4, 0.5) is 0 Å². The van der Waals surface area contributed by atoms with Crippen LogP contribution in [0.3, 0.4) is 0 Å². The Morgan fingerprint density at radius 2 is 1.50 bits per heavy atom. The number of carbonyl (C=O) groups is 2. The van der Waals surface area contributed by atoms with E-state index in [2.05, 4.69) is 29.7 Å². The summed E-state index contributed by atoms with van der Waals surface area (Å²) in [6.07, 6.45) is 13.3. The largest absolute Gasteiger partial charge is 0.394 e. The van der Waals surface area contributed by atoms with E-state index in [0.29, 0.717) is 6.54 Å². The Kier molecular flexibility index (Phi) is 19.3. The van der Waals surface area contributed by atoms with Crippen LogP contribution in [0.1, 0.15) is 97.3 Å². The van der Waals surface area contributed by atoms with Crippen LogP contribution in [0, 0.1) is 0 Å². The fourth-order valence-electron chi connectivity index (χ4n) is 4.40. The maximum Gasteiger partial charge on any atom is 0.251 e. The van der Waals surface area contributed by atoms with E-state index < -0.39 is 61.8 Å². The van der Waals surface area contributed by atoms with Gasteiger partial charge in [-0.25, -0.2) is 0 Å². The number of aliphatic hydroxyl groups is 4. The Hall–Kier alpha value is -1.56. The molecule has 1 aliphatic heterocycles. The van der Waals surface area contributed by atoms with Gasteiger partial charge in [-0.05, 0) is 32.1 Å². The molecule has 1 saturated heterocycles.